The standard InChI is InChI=1S/C21H27N3O/c1-4-11-23-14-17(3)24(15-16(23)2)21(19-8-6-10-22-13-19)18-7-5-9-20(25)12-18/h4-10,12-13,16-17,21,25H,1,11,14-15H2,2-3H3. The Hall–Kier alpha value is -2.17. The van der Waals surface area contributed by atoms with Crippen LogP contribution < -0.4 is 0 Å². The second-order valence-electron chi connectivity index (χ2n) is 6.92. The minimum atomic E-state index is 0.0872. The number of aromatic nitrogens is 1. The van der Waals surface area contributed by atoms with E-state index < -0.39 is 0 Å². The molecular weight excluding hydrogens is 310 g/mol. The molecule has 1 aliphatic rings. The third-order valence-corrected chi connectivity index (χ3v) is 5.04. The number of hydrogen-bond donors (Lipinski definition) is 1. The number of benzene rings is 1. The first-order chi connectivity index (χ1) is 12.1. The van der Waals surface area contributed by atoms with Crippen LogP contribution in [0.1, 0.15) is 31.0 Å². The van der Waals surface area contributed by atoms with Crippen LogP contribution in [0.25, 0.3) is 0 Å². The molecule has 4 nitrogen and oxygen atoms in total. The molecular formula is C21H27N3O. The summed E-state index contributed by atoms with van der Waals surface area (Å²) in [6.45, 7) is 11.3. The fourth-order valence-corrected chi connectivity index (χ4v) is 3.81. The van der Waals surface area contributed by atoms with Crippen molar-refractivity contribution in [2.45, 2.75) is 32.0 Å². The molecule has 3 unspecified atom stereocenters. The molecule has 1 aliphatic heterocycles. The van der Waals surface area contributed by atoms with Crippen molar-refractivity contribution in [3.05, 3.63) is 72.6 Å². The number of piperazine rings is 1. The number of phenols is 1. The van der Waals surface area contributed by atoms with Crippen molar-refractivity contribution in [1.29, 1.82) is 0 Å². The third-order valence-electron chi connectivity index (χ3n) is 5.04. The van der Waals surface area contributed by atoms with Crippen LogP contribution in [-0.2, 0) is 0 Å². The van der Waals surface area contributed by atoms with Crippen molar-refractivity contribution >= 4 is 0 Å². The summed E-state index contributed by atoms with van der Waals surface area (Å²) < 4.78 is 0. The molecule has 1 saturated heterocycles. The topological polar surface area (TPSA) is 39.6 Å². The maximum atomic E-state index is 9.98. The predicted octanol–water partition coefficient (Wildman–Crippen LogP) is 3.46. The summed E-state index contributed by atoms with van der Waals surface area (Å²) in [6, 6.07) is 12.6. The van der Waals surface area contributed by atoms with E-state index in [0.717, 1.165) is 30.8 Å². The number of phenolic OH excluding ortho intramolecular Hbond substituents is 1. The summed E-state index contributed by atoms with van der Waals surface area (Å²) in [5.74, 6) is 0.303. The van der Waals surface area contributed by atoms with Gasteiger partial charge < -0.3 is 5.11 Å². The Labute approximate surface area is 150 Å². The first-order valence-corrected chi connectivity index (χ1v) is 8.89. The number of rotatable bonds is 5. The zero-order chi connectivity index (χ0) is 17.8. The normalized spacial score (nSPS) is 23.3. The second-order valence-corrected chi connectivity index (χ2v) is 6.92. The molecule has 0 amide bonds. The van der Waals surface area contributed by atoms with E-state index in [1.165, 1.54) is 0 Å². The second kappa shape index (κ2) is 7.81. The van der Waals surface area contributed by atoms with Crippen molar-refractivity contribution in [2.75, 3.05) is 19.6 Å². The van der Waals surface area contributed by atoms with Gasteiger partial charge in [0.05, 0.1) is 6.04 Å². The predicted molar refractivity (Wildman–Crippen MR) is 102 cm³/mol. The van der Waals surface area contributed by atoms with Gasteiger partial charge in [-0.1, -0.05) is 24.3 Å². The highest BCUT2D eigenvalue weighted by molar-refractivity contribution is 5.35. The summed E-state index contributed by atoms with van der Waals surface area (Å²) in [7, 11) is 0. The number of nitrogens with zero attached hydrogens (tertiary/aromatic N) is 3. The SMILES string of the molecule is C=CCN1CC(C)N(C(c2cccnc2)c2cccc(O)c2)CC1C. The Morgan fingerprint density at radius 1 is 1.20 bits per heavy atom. The summed E-state index contributed by atoms with van der Waals surface area (Å²) in [6.07, 6.45) is 5.71. The molecule has 1 fully saturated rings. The fraction of sp³-hybridized carbons (Fsp3) is 0.381. The van der Waals surface area contributed by atoms with E-state index in [1.807, 2.05) is 30.5 Å². The largest absolute Gasteiger partial charge is 0.508 e. The maximum Gasteiger partial charge on any atom is 0.115 e. The maximum absolute atomic E-state index is 9.98. The van der Waals surface area contributed by atoms with Gasteiger partial charge in [0.15, 0.2) is 0 Å². The first-order valence-electron chi connectivity index (χ1n) is 8.89. The number of hydrogen-bond acceptors (Lipinski definition) is 4. The van der Waals surface area contributed by atoms with Crippen molar-refractivity contribution in [2.24, 2.45) is 0 Å². The van der Waals surface area contributed by atoms with Crippen molar-refractivity contribution in [3.8, 4) is 5.75 Å². The Kier molecular flexibility index (Phi) is 5.51. The highest BCUT2D eigenvalue weighted by Crippen LogP contribution is 2.34. The lowest BCUT2D eigenvalue weighted by Gasteiger charge is -2.47. The number of pyridine rings is 1. The van der Waals surface area contributed by atoms with E-state index in [2.05, 4.69) is 47.3 Å². The lowest BCUT2D eigenvalue weighted by molar-refractivity contribution is 0.0305. The van der Waals surface area contributed by atoms with E-state index in [-0.39, 0.29) is 6.04 Å². The Morgan fingerprint density at radius 2 is 2.00 bits per heavy atom. The third kappa shape index (κ3) is 3.91. The molecule has 2 heterocycles. The van der Waals surface area contributed by atoms with Crippen LogP contribution in [0.4, 0.5) is 0 Å². The summed E-state index contributed by atoms with van der Waals surface area (Å²) in [5, 5.41) is 9.98. The molecule has 2 aromatic rings. The zero-order valence-electron chi connectivity index (χ0n) is 15.0. The van der Waals surface area contributed by atoms with Gasteiger partial charge in [-0.3, -0.25) is 14.8 Å². The molecule has 0 saturated carbocycles. The highest BCUT2D eigenvalue weighted by Gasteiger charge is 2.34. The van der Waals surface area contributed by atoms with Gasteiger partial charge >= 0.3 is 0 Å². The van der Waals surface area contributed by atoms with Gasteiger partial charge in [-0.25, -0.2) is 0 Å². The molecule has 0 bridgehead atoms. The smallest absolute Gasteiger partial charge is 0.115 e. The van der Waals surface area contributed by atoms with Crippen LogP contribution in [0, 0.1) is 0 Å². The lowest BCUT2D eigenvalue weighted by atomic mass is 9.94. The molecule has 1 aromatic heterocycles. The van der Waals surface area contributed by atoms with Crippen molar-refractivity contribution in [1.82, 2.24) is 14.8 Å². The van der Waals surface area contributed by atoms with Gasteiger partial charge in [0.25, 0.3) is 0 Å². The molecule has 25 heavy (non-hydrogen) atoms. The van der Waals surface area contributed by atoms with Crippen LogP contribution in [0.3, 0.4) is 0 Å². The molecule has 3 atom stereocenters. The van der Waals surface area contributed by atoms with Crippen LogP contribution in [0.2, 0.25) is 0 Å². The average Bonchev–Trinajstić information content (AvgIpc) is 2.60. The van der Waals surface area contributed by atoms with Gasteiger partial charge in [-0.15, -0.1) is 6.58 Å². The minimum Gasteiger partial charge on any atom is -0.508 e. The van der Waals surface area contributed by atoms with Gasteiger partial charge in [-0.2, -0.15) is 0 Å². The number of aromatic hydroxyl groups is 1. The van der Waals surface area contributed by atoms with E-state index in [0.29, 0.717) is 17.8 Å². The molecule has 0 spiro atoms. The average molecular weight is 337 g/mol. The quantitative estimate of drug-likeness (QED) is 0.848. The summed E-state index contributed by atoms with van der Waals surface area (Å²) >= 11 is 0. The molecule has 0 aliphatic carbocycles. The van der Waals surface area contributed by atoms with Crippen LogP contribution in [0.15, 0.2) is 61.4 Å². The summed E-state index contributed by atoms with van der Waals surface area (Å²) in [4.78, 5) is 9.32. The molecule has 0 radical (unpaired) electrons. The minimum absolute atomic E-state index is 0.0872. The molecule has 132 valence electrons. The van der Waals surface area contributed by atoms with Crippen molar-refractivity contribution < 1.29 is 5.11 Å². The van der Waals surface area contributed by atoms with Gasteiger partial charge in [0.1, 0.15) is 5.75 Å². The molecule has 1 N–H and O–H groups in total. The van der Waals surface area contributed by atoms with E-state index in [4.69, 9.17) is 0 Å². The summed E-state index contributed by atoms with van der Waals surface area (Å²) in [5.41, 5.74) is 2.26. The Bertz CT molecular complexity index is 703. The monoisotopic (exact) mass is 337 g/mol. The zero-order valence-corrected chi connectivity index (χ0v) is 15.0. The van der Waals surface area contributed by atoms with Gasteiger partial charge in [-0.05, 0) is 43.2 Å². The molecule has 1 aromatic carbocycles. The van der Waals surface area contributed by atoms with Gasteiger partial charge in [0, 0.05) is 44.1 Å². The van der Waals surface area contributed by atoms with Crippen molar-refractivity contribution in [3.63, 3.8) is 0 Å². The molecule has 4 heteroatoms. The van der Waals surface area contributed by atoms with Crippen LogP contribution >= 0.6 is 0 Å². The lowest BCUT2D eigenvalue weighted by Crippen LogP contribution is -2.57. The fourth-order valence-electron chi connectivity index (χ4n) is 3.81. The Morgan fingerprint density at radius 3 is 2.68 bits per heavy atom. The first kappa shape index (κ1) is 17.6. The van der Waals surface area contributed by atoms with Gasteiger partial charge in [0.2, 0.25) is 0 Å². The van der Waals surface area contributed by atoms with E-state index >= 15 is 0 Å². The van der Waals surface area contributed by atoms with E-state index in [1.54, 1.807) is 12.3 Å². The van der Waals surface area contributed by atoms with Crippen LogP contribution in [-0.4, -0.2) is 51.6 Å². The highest BCUT2D eigenvalue weighted by atomic mass is 16.3. The molecule has 3 rings (SSSR count). The Balaban J connectivity index is 1.96. The van der Waals surface area contributed by atoms with Crippen LogP contribution in [0.5, 0.6) is 5.75 Å². The van der Waals surface area contributed by atoms with E-state index in [9.17, 15) is 5.11 Å².